The molecule has 182 valence electrons. The molecule has 1 aromatic heterocycles. The van der Waals surface area contributed by atoms with Gasteiger partial charge in [0.15, 0.2) is 0 Å². The van der Waals surface area contributed by atoms with E-state index in [2.05, 4.69) is 10.3 Å². The largest absolute Gasteiger partial charge is 0.497 e. The van der Waals surface area contributed by atoms with E-state index in [0.29, 0.717) is 16.9 Å². The fourth-order valence-corrected chi connectivity index (χ4v) is 4.26. The van der Waals surface area contributed by atoms with E-state index in [4.69, 9.17) is 4.74 Å². The van der Waals surface area contributed by atoms with E-state index in [-0.39, 0.29) is 31.4 Å². The Bertz CT molecular complexity index is 1180. The summed E-state index contributed by atoms with van der Waals surface area (Å²) in [5, 5.41) is 2.84. The van der Waals surface area contributed by atoms with Crippen molar-refractivity contribution in [3.63, 3.8) is 0 Å². The van der Waals surface area contributed by atoms with Crippen molar-refractivity contribution in [2.75, 3.05) is 20.2 Å². The second-order valence-corrected chi connectivity index (χ2v) is 8.35. The van der Waals surface area contributed by atoms with Crippen LogP contribution in [0.25, 0.3) is 0 Å². The number of ether oxygens (including phenoxy) is 1. The summed E-state index contributed by atoms with van der Waals surface area (Å²) in [5.41, 5.74) is 0.779. The van der Waals surface area contributed by atoms with Crippen LogP contribution in [0.5, 0.6) is 5.75 Å². The molecule has 1 N–H and O–H groups in total. The van der Waals surface area contributed by atoms with E-state index in [1.807, 2.05) is 6.07 Å². The first-order valence-corrected chi connectivity index (χ1v) is 11.0. The highest BCUT2D eigenvalue weighted by atomic mass is 19.4. The van der Waals surface area contributed by atoms with Crippen LogP contribution < -0.4 is 10.1 Å². The minimum atomic E-state index is -4.51. The predicted octanol–water partition coefficient (Wildman–Crippen LogP) is 4.28. The molecule has 2 heterocycles. The summed E-state index contributed by atoms with van der Waals surface area (Å²) in [7, 11) is 1.52. The summed E-state index contributed by atoms with van der Waals surface area (Å²) >= 11 is 0. The Morgan fingerprint density at radius 2 is 1.86 bits per heavy atom. The number of aromatic nitrogens is 1. The molecule has 0 aliphatic carbocycles. The lowest BCUT2D eigenvalue weighted by Gasteiger charge is -2.19. The molecule has 4 rings (SSSR count). The third kappa shape index (κ3) is 5.62. The molecule has 9 heteroatoms. The van der Waals surface area contributed by atoms with Gasteiger partial charge in [0.2, 0.25) is 5.91 Å². The van der Waals surface area contributed by atoms with Crippen molar-refractivity contribution in [2.45, 2.75) is 18.6 Å². The normalized spacial score (nSPS) is 17.8. The summed E-state index contributed by atoms with van der Waals surface area (Å²) in [6.45, 7) is 0.437. The molecule has 0 unspecified atom stereocenters. The first-order chi connectivity index (χ1) is 16.8. The Kier molecular flexibility index (Phi) is 7.04. The average Bonchev–Trinajstić information content (AvgIpc) is 3.33. The minimum absolute atomic E-state index is 0.0879. The molecule has 1 aliphatic rings. The standard InChI is InChI=1S/C26H24F3N3O3/c1-35-21-9-7-18(8-10-21)25(34)32-15-22(19-5-2-6-20(12-19)26(27,28)29)23(16-32)24(33)31-14-17-4-3-11-30-13-17/h2-13,22-23H,14-16H2,1H3,(H,31,33)/t22-,23+/m0/s1. The molecule has 0 saturated carbocycles. The van der Waals surface area contributed by atoms with Gasteiger partial charge in [-0.3, -0.25) is 14.6 Å². The van der Waals surface area contributed by atoms with Crippen LogP contribution in [-0.2, 0) is 17.5 Å². The molecule has 1 aliphatic heterocycles. The molecule has 1 fully saturated rings. The number of hydrogen-bond acceptors (Lipinski definition) is 4. The van der Waals surface area contributed by atoms with Crippen molar-refractivity contribution in [1.29, 1.82) is 0 Å². The summed E-state index contributed by atoms with van der Waals surface area (Å²) < 4.78 is 45.2. The lowest BCUT2D eigenvalue weighted by molar-refractivity contribution is -0.137. The number of hydrogen-bond donors (Lipinski definition) is 1. The van der Waals surface area contributed by atoms with Gasteiger partial charge < -0.3 is 15.0 Å². The molecule has 0 radical (unpaired) electrons. The number of amides is 2. The van der Waals surface area contributed by atoms with Gasteiger partial charge in [-0.1, -0.05) is 24.3 Å². The quantitative estimate of drug-likeness (QED) is 0.568. The molecule has 35 heavy (non-hydrogen) atoms. The highest BCUT2D eigenvalue weighted by Gasteiger charge is 2.41. The van der Waals surface area contributed by atoms with E-state index in [1.165, 1.54) is 18.1 Å². The first kappa shape index (κ1) is 24.3. The zero-order valence-electron chi connectivity index (χ0n) is 19.0. The number of nitrogens with zero attached hydrogens (tertiary/aromatic N) is 2. The van der Waals surface area contributed by atoms with E-state index in [9.17, 15) is 22.8 Å². The number of likely N-dealkylation sites (tertiary alicyclic amines) is 1. The Balaban J connectivity index is 1.59. The van der Waals surface area contributed by atoms with E-state index >= 15 is 0 Å². The van der Waals surface area contributed by atoms with Crippen molar-refractivity contribution in [3.8, 4) is 5.75 Å². The minimum Gasteiger partial charge on any atom is -0.497 e. The topological polar surface area (TPSA) is 71.5 Å². The van der Waals surface area contributed by atoms with Crippen molar-refractivity contribution in [2.24, 2.45) is 5.92 Å². The maximum atomic E-state index is 13.3. The van der Waals surface area contributed by atoms with Gasteiger partial charge in [0.05, 0.1) is 18.6 Å². The van der Waals surface area contributed by atoms with Crippen LogP contribution in [0.15, 0.2) is 73.1 Å². The summed E-state index contributed by atoms with van der Waals surface area (Å²) in [6, 6.07) is 15.1. The monoisotopic (exact) mass is 483 g/mol. The zero-order valence-corrected chi connectivity index (χ0v) is 19.0. The first-order valence-electron chi connectivity index (χ1n) is 11.0. The Morgan fingerprint density at radius 3 is 2.51 bits per heavy atom. The van der Waals surface area contributed by atoms with Crippen LogP contribution in [0.2, 0.25) is 0 Å². The summed E-state index contributed by atoms with van der Waals surface area (Å²) in [6.07, 6.45) is -1.27. The second kappa shape index (κ2) is 10.2. The highest BCUT2D eigenvalue weighted by molar-refractivity contribution is 5.95. The Morgan fingerprint density at radius 1 is 1.09 bits per heavy atom. The number of benzene rings is 2. The van der Waals surface area contributed by atoms with Gasteiger partial charge >= 0.3 is 6.18 Å². The molecule has 3 aromatic rings. The van der Waals surface area contributed by atoms with Gasteiger partial charge in [-0.15, -0.1) is 0 Å². The molecule has 2 atom stereocenters. The fraction of sp³-hybridized carbons (Fsp3) is 0.269. The molecule has 0 bridgehead atoms. The second-order valence-electron chi connectivity index (χ2n) is 8.35. The molecule has 1 saturated heterocycles. The van der Waals surface area contributed by atoms with Crippen LogP contribution in [-0.4, -0.2) is 41.9 Å². The van der Waals surface area contributed by atoms with Crippen molar-refractivity contribution in [3.05, 3.63) is 95.3 Å². The number of methoxy groups -OCH3 is 1. The number of carbonyl (C=O) groups excluding carboxylic acids is 2. The van der Waals surface area contributed by atoms with E-state index in [0.717, 1.165) is 17.7 Å². The number of halogens is 3. The van der Waals surface area contributed by atoms with E-state index < -0.39 is 23.6 Å². The molecule has 0 spiro atoms. The number of pyridine rings is 1. The smallest absolute Gasteiger partial charge is 0.416 e. The van der Waals surface area contributed by atoms with Gasteiger partial charge in [-0.05, 0) is 47.5 Å². The van der Waals surface area contributed by atoms with Gasteiger partial charge in [0.25, 0.3) is 5.91 Å². The van der Waals surface area contributed by atoms with Crippen molar-refractivity contribution in [1.82, 2.24) is 15.2 Å². The summed E-state index contributed by atoms with van der Waals surface area (Å²) in [5.74, 6) is -1.34. The maximum Gasteiger partial charge on any atom is 0.416 e. The van der Waals surface area contributed by atoms with Crippen molar-refractivity contribution >= 4 is 11.8 Å². The zero-order chi connectivity index (χ0) is 25.0. The van der Waals surface area contributed by atoms with Gasteiger partial charge in [0, 0.05) is 43.5 Å². The number of nitrogens with one attached hydrogen (secondary N) is 1. The lowest BCUT2D eigenvalue weighted by Crippen LogP contribution is -2.35. The molecular formula is C26H24F3N3O3. The summed E-state index contributed by atoms with van der Waals surface area (Å²) in [4.78, 5) is 31.9. The van der Waals surface area contributed by atoms with E-state index in [1.54, 1.807) is 48.8 Å². The van der Waals surface area contributed by atoms with Crippen LogP contribution in [0.4, 0.5) is 13.2 Å². The van der Waals surface area contributed by atoms with Gasteiger partial charge in [0.1, 0.15) is 5.75 Å². The third-order valence-electron chi connectivity index (χ3n) is 6.11. The van der Waals surface area contributed by atoms with Crippen LogP contribution in [0.1, 0.15) is 33.0 Å². The van der Waals surface area contributed by atoms with Crippen molar-refractivity contribution < 1.29 is 27.5 Å². The number of rotatable bonds is 6. The number of alkyl halides is 3. The fourth-order valence-electron chi connectivity index (χ4n) is 4.26. The van der Waals surface area contributed by atoms with Crippen LogP contribution in [0, 0.1) is 5.92 Å². The van der Waals surface area contributed by atoms with Gasteiger partial charge in [-0.25, -0.2) is 0 Å². The molecule has 2 amide bonds. The van der Waals surface area contributed by atoms with Gasteiger partial charge in [-0.2, -0.15) is 13.2 Å². The average molecular weight is 483 g/mol. The van der Waals surface area contributed by atoms with Crippen LogP contribution in [0.3, 0.4) is 0 Å². The Labute approximate surface area is 200 Å². The lowest BCUT2D eigenvalue weighted by atomic mass is 9.87. The van der Waals surface area contributed by atoms with Crippen LogP contribution >= 0.6 is 0 Å². The maximum absolute atomic E-state index is 13.3. The predicted molar refractivity (Wildman–Crippen MR) is 123 cm³/mol. The third-order valence-corrected chi connectivity index (χ3v) is 6.11. The molecule has 2 aromatic carbocycles. The SMILES string of the molecule is COc1ccc(C(=O)N2C[C@@H](C(=O)NCc3cccnc3)[C@H](c3cccc(C(F)(F)F)c3)C2)cc1. The molecule has 6 nitrogen and oxygen atoms in total. The number of carbonyl (C=O) groups is 2. The Hall–Kier alpha value is -3.88. The molecular weight excluding hydrogens is 459 g/mol. The highest BCUT2D eigenvalue weighted by Crippen LogP contribution is 2.37.